The Morgan fingerprint density at radius 2 is 2.20 bits per heavy atom. The van der Waals surface area contributed by atoms with Gasteiger partial charge in [-0.3, -0.25) is 14.9 Å². The second-order valence-corrected chi connectivity index (χ2v) is 6.81. The summed E-state index contributed by atoms with van der Waals surface area (Å²) >= 11 is 1.13. The first-order chi connectivity index (χ1) is 11.7. The number of anilines is 1. The van der Waals surface area contributed by atoms with E-state index in [0.717, 1.165) is 23.5 Å². The Balaban J connectivity index is 1.63. The van der Waals surface area contributed by atoms with E-state index in [4.69, 9.17) is 0 Å². The van der Waals surface area contributed by atoms with Gasteiger partial charge in [-0.2, -0.15) is 13.2 Å². The van der Waals surface area contributed by atoms with Crippen molar-refractivity contribution < 1.29 is 22.9 Å². The van der Waals surface area contributed by atoms with Crippen LogP contribution in [-0.4, -0.2) is 21.9 Å². The molecule has 2 atom stereocenters. The van der Waals surface area contributed by atoms with E-state index in [1.54, 1.807) is 6.07 Å². The third-order valence-electron chi connectivity index (χ3n) is 3.78. The molecule has 0 spiro atoms. The fourth-order valence-corrected chi connectivity index (χ4v) is 3.25. The van der Waals surface area contributed by atoms with Gasteiger partial charge in [-0.1, -0.05) is 18.2 Å². The van der Waals surface area contributed by atoms with Crippen LogP contribution in [0, 0.1) is 16.0 Å². The first-order valence-corrected chi connectivity index (χ1v) is 8.11. The minimum Gasteiger partial charge on any atom is -0.301 e. The van der Waals surface area contributed by atoms with Crippen LogP contribution in [0.5, 0.6) is 0 Å². The lowest BCUT2D eigenvalue weighted by atomic mass is 10.1. The predicted octanol–water partition coefficient (Wildman–Crippen LogP) is 3.36. The second kappa shape index (κ2) is 6.43. The second-order valence-electron chi connectivity index (χ2n) is 5.69. The number of hydrogen-bond acceptors (Lipinski definition) is 5. The molecule has 1 aromatic heterocycles. The summed E-state index contributed by atoms with van der Waals surface area (Å²) in [5.41, 5.74) is -0.241. The molecule has 1 aliphatic rings. The lowest BCUT2D eigenvalue weighted by Gasteiger charge is -2.07. The first kappa shape index (κ1) is 17.3. The summed E-state index contributed by atoms with van der Waals surface area (Å²) in [6.45, 7) is 0. The third kappa shape index (κ3) is 4.13. The van der Waals surface area contributed by atoms with Gasteiger partial charge in [0.15, 0.2) is 5.13 Å². The minimum absolute atomic E-state index is 0.210. The number of alkyl halides is 3. The maximum atomic E-state index is 12.7. The van der Waals surface area contributed by atoms with Crippen LogP contribution in [0.3, 0.4) is 0 Å². The number of nitrogens with zero attached hydrogens (tertiary/aromatic N) is 2. The number of rotatable bonds is 5. The van der Waals surface area contributed by atoms with Gasteiger partial charge in [0, 0.05) is 28.8 Å². The van der Waals surface area contributed by atoms with E-state index in [1.165, 1.54) is 12.3 Å². The number of thiazole rings is 1. The van der Waals surface area contributed by atoms with Gasteiger partial charge in [0.25, 0.3) is 0 Å². The summed E-state index contributed by atoms with van der Waals surface area (Å²) in [6.07, 6.45) is -2.47. The van der Waals surface area contributed by atoms with Crippen molar-refractivity contribution in [2.24, 2.45) is 5.92 Å². The summed E-state index contributed by atoms with van der Waals surface area (Å²) in [4.78, 5) is 26.6. The monoisotopic (exact) mass is 371 g/mol. The molecule has 1 heterocycles. The summed E-state index contributed by atoms with van der Waals surface area (Å²) < 4.78 is 38.2. The molecule has 0 saturated heterocycles. The molecule has 132 valence electrons. The topological polar surface area (TPSA) is 85.1 Å². The zero-order valence-electron chi connectivity index (χ0n) is 12.6. The highest BCUT2D eigenvalue weighted by atomic mass is 32.1. The molecule has 1 fully saturated rings. The highest BCUT2D eigenvalue weighted by molar-refractivity contribution is 7.15. The number of benzene rings is 1. The molecule has 2 aromatic rings. The number of carbonyl (C=O) groups excluding carboxylic acids is 1. The lowest BCUT2D eigenvalue weighted by molar-refractivity contribution is -0.497. The van der Waals surface area contributed by atoms with Crippen molar-refractivity contribution in [2.45, 2.75) is 25.1 Å². The van der Waals surface area contributed by atoms with Gasteiger partial charge >= 0.3 is 6.18 Å². The number of carbonyl (C=O) groups is 1. The van der Waals surface area contributed by atoms with Gasteiger partial charge in [0.05, 0.1) is 5.56 Å². The quantitative estimate of drug-likeness (QED) is 0.645. The maximum Gasteiger partial charge on any atom is 0.416 e. The van der Waals surface area contributed by atoms with Crippen molar-refractivity contribution in [1.29, 1.82) is 0 Å². The van der Waals surface area contributed by atoms with Crippen molar-refractivity contribution in [3.8, 4) is 0 Å². The van der Waals surface area contributed by atoms with Crippen molar-refractivity contribution in [3.05, 3.63) is 56.6 Å². The van der Waals surface area contributed by atoms with Crippen molar-refractivity contribution in [3.63, 3.8) is 0 Å². The number of hydrogen-bond donors (Lipinski definition) is 1. The Labute approximate surface area is 143 Å². The Kier molecular flexibility index (Phi) is 4.46. The zero-order valence-corrected chi connectivity index (χ0v) is 13.4. The molecule has 6 nitrogen and oxygen atoms in total. The van der Waals surface area contributed by atoms with Crippen molar-refractivity contribution in [2.75, 3.05) is 5.32 Å². The van der Waals surface area contributed by atoms with Crippen LogP contribution in [0.1, 0.15) is 22.4 Å². The normalized spacial score (nSPS) is 19.5. The Morgan fingerprint density at radius 1 is 1.44 bits per heavy atom. The van der Waals surface area contributed by atoms with Crippen LogP contribution < -0.4 is 5.32 Å². The van der Waals surface area contributed by atoms with E-state index in [2.05, 4.69) is 10.3 Å². The number of halogens is 3. The summed E-state index contributed by atoms with van der Waals surface area (Å²) in [6, 6.07) is 4.16. The Morgan fingerprint density at radius 3 is 2.84 bits per heavy atom. The minimum atomic E-state index is -4.40. The Hall–Kier alpha value is -2.49. The van der Waals surface area contributed by atoms with Gasteiger partial charge < -0.3 is 5.32 Å². The van der Waals surface area contributed by atoms with Crippen LogP contribution >= 0.6 is 11.3 Å². The summed E-state index contributed by atoms with van der Waals surface area (Å²) in [5, 5.41) is 13.4. The molecule has 0 aliphatic heterocycles. The lowest BCUT2D eigenvalue weighted by Crippen LogP contribution is -2.18. The van der Waals surface area contributed by atoms with Gasteiger partial charge in [0.1, 0.15) is 5.92 Å². The van der Waals surface area contributed by atoms with Crippen LogP contribution in [-0.2, 0) is 17.4 Å². The van der Waals surface area contributed by atoms with Crippen LogP contribution in [0.25, 0.3) is 0 Å². The van der Waals surface area contributed by atoms with E-state index < -0.39 is 34.5 Å². The molecule has 25 heavy (non-hydrogen) atoms. The molecule has 1 saturated carbocycles. The zero-order chi connectivity index (χ0) is 18.2. The first-order valence-electron chi connectivity index (χ1n) is 7.29. The average Bonchev–Trinajstić information content (AvgIpc) is 3.23. The highest BCUT2D eigenvalue weighted by Crippen LogP contribution is 2.35. The number of aromatic nitrogens is 1. The predicted molar refractivity (Wildman–Crippen MR) is 83.9 cm³/mol. The largest absolute Gasteiger partial charge is 0.416 e. The molecule has 1 amide bonds. The molecule has 2 unspecified atom stereocenters. The van der Waals surface area contributed by atoms with Crippen molar-refractivity contribution in [1.82, 2.24) is 4.98 Å². The fourth-order valence-electron chi connectivity index (χ4n) is 2.40. The van der Waals surface area contributed by atoms with Gasteiger partial charge in [-0.25, -0.2) is 4.98 Å². The molecule has 0 radical (unpaired) electrons. The van der Waals surface area contributed by atoms with E-state index >= 15 is 0 Å². The number of nitro groups is 1. The molecular formula is C15H12F3N3O3S. The van der Waals surface area contributed by atoms with Crippen LogP contribution in [0.15, 0.2) is 30.5 Å². The molecule has 0 bridgehead atoms. The molecular weight excluding hydrogens is 359 g/mol. The summed E-state index contributed by atoms with van der Waals surface area (Å²) in [5.74, 6) is -1.10. The van der Waals surface area contributed by atoms with E-state index in [0.29, 0.717) is 10.4 Å². The SMILES string of the molecule is O=C(Nc1ncc(Cc2cccc(C(F)(F)F)c2)s1)C1CC1[N+](=O)[O-]. The molecule has 1 aromatic carbocycles. The summed E-state index contributed by atoms with van der Waals surface area (Å²) in [7, 11) is 0. The Bertz CT molecular complexity index is 822. The van der Waals surface area contributed by atoms with Gasteiger partial charge in [-0.15, -0.1) is 11.3 Å². The number of nitrogens with one attached hydrogen (secondary N) is 1. The third-order valence-corrected chi connectivity index (χ3v) is 4.69. The average molecular weight is 371 g/mol. The van der Waals surface area contributed by atoms with Gasteiger partial charge in [0.2, 0.25) is 11.9 Å². The maximum absolute atomic E-state index is 12.7. The van der Waals surface area contributed by atoms with Crippen LogP contribution in [0.2, 0.25) is 0 Å². The van der Waals surface area contributed by atoms with E-state index in [1.807, 2.05) is 0 Å². The molecule has 3 rings (SSSR count). The van der Waals surface area contributed by atoms with Crippen LogP contribution in [0.4, 0.5) is 18.3 Å². The molecule has 1 N–H and O–H groups in total. The smallest absolute Gasteiger partial charge is 0.301 e. The fraction of sp³-hybridized carbons (Fsp3) is 0.333. The van der Waals surface area contributed by atoms with E-state index in [9.17, 15) is 28.1 Å². The molecule has 10 heteroatoms. The molecule has 1 aliphatic carbocycles. The standard InChI is InChI=1S/C15H12F3N3O3S/c16-15(17,18)9-3-1-2-8(4-9)5-10-7-19-14(25-10)20-13(22)11-6-12(11)21(23)24/h1-4,7,11-12H,5-6H2,(H,19,20,22). The van der Waals surface area contributed by atoms with E-state index in [-0.39, 0.29) is 18.0 Å². The van der Waals surface area contributed by atoms with Crippen molar-refractivity contribution >= 4 is 22.4 Å². The number of amides is 1. The highest BCUT2D eigenvalue weighted by Gasteiger charge is 2.53. The van der Waals surface area contributed by atoms with Gasteiger partial charge in [-0.05, 0) is 11.6 Å².